The molecule has 0 atom stereocenters. The predicted octanol–water partition coefficient (Wildman–Crippen LogP) is 3.49. The normalized spacial score (nSPS) is 15.3. The highest BCUT2D eigenvalue weighted by Gasteiger charge is 2.26. The SMILES string of the molecule is O=c1c2ccccc2c2ccccc2n1C1CC1. The summed E-state index contributed by atoms with van der Waals surface area (Å²) in [4.78, 5) is 12.6. The van der Waals surface area contributed by atoms with Crippen LogP contribution in [0.4, 0.5) is 0 Å². The molecule has 0 N–H and O–H groups in total. The maximum atomic E-state index is 12.6. The lowest BCUT2D eigenvalue weighted by Crippen LogP contribution is -2.19. The maximum absolute atomic E-state index is 12.6. The van der Waals surface area contributed by atoms with Crippen molar-refractivity contribution in [1.29, 1.82) is 0 Å². The van der Waals surface area contributed by atoms with Gasteiger partial charge in [0.1, 0.15) is 0 Å². The van der Waals surface area contributed by atoms with Crippen molar-refractivity contribution in [3.63, 3.8) is 0 Å². The van der Waals surface area contributed by atoms with Gasteiger partial charge in [0.25, 0.3) is 5.56 Å². The number of aromatic nitrogens is 1. The first-order valence-corrected chi connectivity index (χ1v) is 6.38. The third-order valence-corrected chi connectivity index (χ3v) is 3.74. The third kappa shape index (κ3) is 1.26. The van der Waals surface area contributed by atoms with Crippen LogP contribution in [0.3, 0.4) is 0 Å². The molecule has 3 aromatic rings. The van der Waals surface area contributed by atoms with Crippen molar-refractivity contribution in [3.05, 3.63) is 58.9 Å². The molecule has 88 valence electrons. The smallest absolute Gasteiger partial charge is 0.259 e. The van der Waals surface area contributed by atoms with Crippen molar-refractivity contribution in [3.8, 4) is 0 Å². The van der Waals surface area contributed by atoms with Crippen LogP contribution in [0, 0.1) is 0 Å². The van der Waals surface area contributed by atoms with Gasteiger partial charge in [0.15, 0.2) is 0 Å². The summed E-state index contributed by atoms with van der Waals surface area (Å²) in [5, 5.41) is 3.08. The van der Waals surface area contributed by atoms with Gasteiger partial charge in [-0.2, -0.15) is 0 Å². The second kappa shape index (κ2) is 3.45. The van der Waals surface area contributed by atoms with Gasteiger partial charge in [0.2, 0.25) is 0 Å². The number of para-hydroxylation sites is 1. The van der Waals surface area contributed by atoms with Crippen LogP contribution >= 0.6 is 0 Å². The fourth-order valence-corrected chi connectivity index (χ4v) is 2.75. The Hall–Kier alpha value is -2.09. The van der Waals surface area contributed by atoms with Crippen molar-refractivity contribution in [2.45, 2.75) is 18.9 Å². The number of fused-ring (bicyclic) bond motifs is 3. The highest BCUT2D eigenvalue weighted by molar-refractivity contribution is 6.05. The first kappa shape index (κ1) is 9.89. The van der Waals surface area contributed by atoms with Gasteiger partial charge >= 0.3 is 0 Å². The first-order valence-electron chi connectivity index (χ1n) is 6.38. The molecule has 0 spiro atoms. The van der Waals surface area contributed by atoms with E-state index in [0.29, 0.717) is 6.04 Å². The Morgan fingerprint density at radius 1 is 0.833 bits per heavy atom. The number of hydrogen-bond donors (Lipinski definition) is 0. The summed E-state index contributed by atoms with van der Waals surface area (Å²) in [7, 11) is 0. The monoisotopic (exact) mass is 235 g/mol. The minimum absolute atomic E-state index is 0.159. The first-order chi connectivity index (χ1) is 8.86. The Kier molecular flexibility index (Phi) is 1.90. The molecule has 0 unspecified atom stereocenters. The fraction of sp³-hybridized carbons (Fsp3) is 0.188. The second-order valence-electron chi connectivity index (χ2n) is 4.97. The molecule has 1 heterocycles. The number of nitrogens with zero attached hydrogens (tertiary/aromatic N) is 1. The van der Waals surface area contributed by atoms with Gasteiger partial charge < -0.3 is 4.57 Å². The molecule has 2 heteroatoms. The zero-order chi connectivity index (χ0) is 12.1. The van der Waals surface area contributed by atoms with Crippen molar-refractivity contribution in [1.82, 2.24) is 4.57 Å². The average molecular weight is 235 g/mol. The Morgan fingerprint density at radius 2 is 1.44 bits per heavy atom. The van der Waals surface area contributed by atoms with E-state index in [2.05, 4.69) is 12.1 Å². The average Bonchev–Trinajstić information content (AvgIpc) is 3.24. The lowest BCUT2D eigenvalue weighted by Gasteiger charge is -2.11. The summed E-state index contributed by atoms with van der Waals surface area (Å²) in [6.07, 6.45) is 2.25. The number of rotatable bonds is 1. The lowest BCUT2D eigenvalue weighted by atomic mass is 10.1. The van der Waals surface area contributed by atoms with Crippen LogP contribution in [0.25, 0.3) is 21.7 Å². The summed E-state index contributed by atoms with van der Waals surface area (Å²) < 4.78 is 1.98. The zero-order valence-corrected chi connectivity index (χ0v) is 9.97. The highest BCUT2D eigenvalue weighted by Crippen LogP contribution is 2.37. The van der Waals surface area contributed by atoms with E-state index in [1.165, 1.54) is 5.39 Å². The lowest BCUT2D eigenvalue weighted by molar-refractivity contribution is 0.746. The molecule has 0 amide bonds. The van der Waals surface area contributed by atoms with Crippen LogP contribution in [0.15, 0.2) is 53.3 Å². The van der Waals surface area contributed by atoms with Crippen LogP contribution in [0.2, 0.25) is 0 Å². The van der Waals surface area contributed by atoms with E-state index < -0.39 is 0 Å². The van der Waals surface area contributed by atoms with E-state index in [-0.39, 0.29) is 5.56 Å². The van der Waals surface area contributed by atoms with Crippen molar-refractivity contribution in [2.75, 3.05) is 0 Å². The number of hydrogen-bond acceptors (Lipinski definition) is 1. The molecule has 1 aliphatic carbocycles. The molecule has 0 radical (unpaired) electrons. The predicted molar refractivity (Wildman–Crippen MR) is 74.0 cm³/mol. The van der Waals surface area contributed by atoms with E-state index in [1.54, 1.807) is 0 Å². The molecule has 1 saturated carbocycles. The Balaban J connectivity index is 2.32. The van der Waals surface area contributed by atoms with Crippen molar-refractivity contribution in [2.24, 2.45) is 0 Å². The molecule has 0 saturated heterocycles. The van der Waals surface area contributed by atoms with Crippen LogP contribution < -0.4 is 5.56 Å². The molecule has 0 aliphatic heterocycles. The van der Waals surface area contributed by atoms with Gasteiger partial charge in [-0.25, -0.2) is 0 Å². The van der Waals surface area contributed by atoms with Crippen LogP contribution in [0.5, 0.6) is 0 Å². The van der Waals surface area contributed by atoms with Crippen molar-refractivity contribution >= 4 is 21.7 Å². The van der Waals surface area contributed by atoms with E-state index in [4.69, 9.17) is 0 Å². The van der Waals surface area contributed by atoms with Gasteiger partial charge in [-0.1, -0.05) is 36.4 Å². The van der Waals surface area contributed by atoms with Crippen LogP contribution in [0.1, 0.15) is 18.9 Å². The number of pyridine rings is 1. The van der Waals surface area contributed by atoms with Crippen molar-refractivity contribution < 1.29 is 0 Å². The van der Waals surface area contributed by atoms with Gasteiger partial charge in [0.05, 0.1) is 5.52 Å². The summed E-state index contributed by atoms with van der Waals surface area (Å²) in [6.45, 7) is 0. The van der Waals surface area contributed by atoms with E-state index in [0.717, 1.165) is 29.1 Å². The topological polar surface area (TPSA) is 22.0 Å². The summed E-state index contributed by atoms with van der Waals surface area (Å²) >= 11 is 0. The second-order valence-corrected chi connectivity index (χ2v) is 4.97. The molecule has 2 nitrogen and oxygen atoms in total. The maximum Gasteiger partial charge on any atom is 0.259 e. The summed E-state index contributed by atoms with van der Waals surface area (Å²) in [5.41, 5.74) is 1.23. The molecule has 1 aliphatic rings. The summed E-state index contributed by atoms with van der Waals surface area (Å²) in [6, 6.07) is 16.5. The zero-order valence-electron chi connectivity index (χ0n) is 9.97. The van der Waals surface area contributed by atoms with E-state index in [1.807, 2.05) is 41.0 Å². The Bertz CT molecular complexity index is 812. The Labute approximate surface area is 104 Å². The minimum atomic E-state index is 0.159. The fourth-order valence-electron chi connectivity index (χ4n) is 2.75. The molecule has 2 aromatic carbocycles. The quantitative estimate of drug-likeness (QED) is 0.592. The standard InChI is InChI=1S/C16H13NO/c18-16-14-7-2-1-5-12(14)13-6-3-4-8-15(13)17(16)11-9-10-11/h1-8,11H,9-10H2. The molecule has 0 bridgehead atoms. The third-order valence-electron chi connectivity index (χ3n) is 3.74. The molecule has 4 rings (SSSR count). The molecule has 1 fully saturated rings. The largest absolute Gasteiger partial charge is 0.305 e. The van der Waals surface area contributed by atoms with Gasteiger partial charge in [-0.05, 0) is 30.4 Å². The van der Waals surface area contributed by atoms with E-state index >= 15 is 0 Å². The van der Waals surface area contributed by atoms with Crippen LogP contribution in [-0.4, -0.2) is 4.57 Å². The number of benzene rings is 2. The highest BCUT2D eigenvalue weighted by atomic mass is 16.1. The summed E-state index contributed by atoms with van der Waals surface area (Å²) in [5.74, 6) is 0. The van der Waals surface area contributed by atoms with E-state index in [9.17, 15) is 4.79 Å². The van der Waals surface area contributed by atoms with Crippen LogP contribution in [-0.2, 0) is 0 Å². The molecule has 18 heavy (non-hydrogen) atoms. The van der Waals surface area contributed by atoms with Gasteiger partial charge in [-0.15, -0.1) is 0 Å². The Morgan fingerprint density at radius 3 is 2.17 bits per heavy atom. The molecular formula is C16H13NO. The van der Waals surface area contributed by atoms with Gasteiger partial charge in [-0.3, -0.25) is 4.79 Å². The molecule has 1 aromatic heterocycles. The molecular weight excluding hydrogens is 222 g/mol. The minimum Gasteiger partial charge on any atom is -0.305 e. The van der Waals surface area contributed by atoms with Gasteiger partial charge in [0, 0.05) is 16.8 Å².